The highest BCUT2D eigenvalue weighted by Gasteiger charge is 2.22. The molecular weight excluding hydrogens is 438 g/mol. The maximum Gasteiger partial charge on any atom is 0.273 e. The molecule has 0 bridgehead atoms. The van der Waals surface area contributed by atoms with Crippen LogP contribution in [-0.2, 0) is 23.2 Å². The standard InChI is InChI=1S/C29H37N3O3/c1-21(23-9-6-5-7-10-23)32(18-22-12-14-24(15-13-22)29(2,3)4)19-27-31-26(20-35-27)28(33)30-17-25-11-8-16-34-25/h5-7,9-10,12-15,20-21,25H,8,11,16-19H2,1-4H3,(H,30,33)/t21-,25+/m0/s1. The summed E-state index contributed by atoms with van der Waals surface area (Å²) in [6.07, 6.45) is 3.57. The summed E-state index contributed by atoms with van der Waals surface area (Å²) in [4.78, 5) is 19.4. The molecule has 1 amide bonds. The van der Waals surface area contributed by atoms with Gasteiger partial charge < -0.3 is 14.5 Å². The predicted molar refractivity (Wildman–Crippen MR) is 137 cm³/mol. The lowest BCUT2D eigenvalue weighted by molar-refractivity contribution is 0.0853. The van der Waals surface area contributed by atoms with Crippen LogP contribution in [0, 0.1) is 0 Å². The van der Waals surface area contributed by atoms with Gasteiger partial charge in [-0.3, -0.25) is 9.69 Å². The van der Waals surface area contributed by atoms with Crippen LogP contribution in [0.4, 0.5) is 0 Å². The van der Waals surface area contributed by atoms with Gasteiger partial charge in [-0.15, -0.1) is 0 Å². The van der Waals surface area contributed by atoms with Gasteiger partial charge in [-0.25, -0.2) is 4.98 Å². The van der Waals surface area contributed by atoms with Crippen molar-refractivity contribution < 1.29 is 13.9 Å². The molecule has 1 saturated heterocycles. The van der Waals surface area contributed by atoms with Crippen molar-refractivity contribution in [1.29, 1.82) is 0 Å². The van der Waals surface area contributed by atoms with Crippen LogP contribution in [0.25, 0.3) is 0 Å². The van der Waals surface area contributed by atoms with Crippen LogP contribution in [0.2, 0.25) is 0 Å². The number of hydrogen-bond donors (Lipinski definition) is 1. The first kappa shape index (κ1) is 25.1. The number of carbonyl (C=O) groups is 1. The lowest BCUT2D eigenvalue weighted by atomic mass is 9.86. The number of oxazole rings is 1. The molecule has 6 heteroatoms. The molecule has 6 nitrogen and oxygen atoms in total. The summed E-state index contributed by atoms with van der Waals surface area (Å²) in [5.41, 5.74) is 4.19. The lowest BCUT2D eigenvalue weighted by Gasteiger charge is -2.29. The van der Waals surface area contributed by atoms with Gasteiger partial charge in [0.2, 0.25) is 5.89 Å². The molecule has 186 valence electrons. The average Bonchev–Trinajstić information content (AvgIpc) is 3.54. The molecule has 1 N–H and O–H groups in total. The van der Waals surface area contributed by atoms with Gasteiger partial charge >= 0.3 is 0 Å². The summed E-state index contributed by atoms with van der Waals surface area (Å²) in [6.45, 7) is 11.4. The van der Waals surface area contributed by atoms with Gasteiger partial charge in [0, 0.05) is 25.7 Å². The van der Waals surface area contributed by atoms with E-state index in [4.69, 9.17) is 9.15 Å². The Kier molecular flexibility index (Phi) is 8.04. The van der Waals surface area contributed by atoms with Crippen LogP contribution in [0.5, 0.6) is 0 Å². The zero-order chi connectivity index (χ0) is 24.8. The van der Waals surface area contributed by atoms with Crippen molar-refractivity contribution in [1.82, 2.24) is 15.2 Å². The minimum Gasteiger partial charge on any atom is -0.447 e. The smallest absolute Gasteiger partial charge is 0.273 e. The molecule has 1 aliphatic rings. The fourth-order valence-corrected chi connectivity index (χ4v) is 4.38. The van der Waals surface area contributed by atoms with Crippen LogP contribution < -0.4 is 5.32 Å². The van der Waals surface area contributed by atoms with Crippen molar-refractivity contribution in [3.05, 3.63) is 89.1 Å². The molecule has 1 fully saturated rings. The van der Waals surface area contributed by atoms with E-state index < -0.39 is 0 Å². The van der Waals surface area contributed by atoms with E-state index in [1.54, 1.807) is 0 Å². The molecule has 1 aliphatic heterocycles. The van der Waals surface area contributed by atoms with Gasteiger partial charge in [0.05, 0.1) is 12.6 Å². The lowest BCUT2D eigenvalue weighted by Crippen LogP contribution is -2.32. The fraction of sp³-hybridized carbons (Fsp3) is 0.448. The second kappa shape index (κ2) is 11.2. The number of nitrogens with one attached hydrogen (secondary N) is 1. The van der Waals surface area contributed by atoms with E-state index in [1.807, 2.05) is 6.07 Å². The van der Waals surface area contributed by atoms with Crippen LogP contribution in [0.3, 0.4) is 0 Å². The molecule has 35 heavy (non-hydrogen) atoms. The minimum absolute atomic E-state index is 0.0946. The Morgan fingerprint density at radius 1 is 1.11 bits per heavy atom. The Morgan fingerprint density at radius 3 is 2.51 bits per heavy atom. The number of amides is 1. The normalized spacial score (nSPS) is 17.0. The Balaban J connectivity index is 1.47. The van der Waals surface area contributed by atoms with Gasteiger partial charge in [0.15, 0.2) is 5.69 Å². The van der Waals surface area contributed by atoms with Crippen LogP contribution in [-0.4, -0.2) is 35.0 Å². The number of benzene rings is 2. The van der Waals surface area contributed by atoms with E-state index in [0.717, 1.165) is 26.0 Å². The minimum atomic E-state index is -0.226. The summed E-state index contributed by atoms with van der Waals surface area (Å²) in [5, 5.41) is 2.91. The van der Waals surface area contributed by atoms with E-state index in [2.05, 4.69) is 91.4 Å². The average molecular weight is 476 g/mol. The van der Waals surface area contributed by atoms with Crippen LogP contribution >= 0.6 is 0 Å². The van der Waals surface area contributed by atoms with Crippen molar-refractivity contribution in [2.75, 3.05) is 13.2 Å². The number of nitrogens with zero attached hydrogens (tertiary/aromatic N) is 2. The molecule has 0 saturated carbocycles. The third kappa shape index (κ3) is 6.80. The van der Waals surface area contributed by atoms with Gasteiger partial charge in [-0.1, -0.05) is 75.4 Å². The van der Waals surface area contributed by atoms with Crippen molar-refractivity contribution in [2.45, 2.75) is 71.2 Å². The first-order valence-electron chi connectivity index (χ1n) is 12.5. The first-order valence-corrected chi connectivity index (χ1v) is 12.5. The molecule has 2 heterocycles. The van der Waals surface area contributed by atoms with Gasteiger partial charge in [-0.05, 0) is 41.9 Å². The van der Waals surface area contributed by atoms with Crippen molar-refractivity contribution in [3.8, 4) is 0 Å². The molecule has 3 aromatic rings. The molecule has 0 spiro atoms. The molecule has 0 radical (unpaired) electrons. The largest absolute Gasteiger partial charge is 0.447 e. The van der Waals surface area contributed by atoms with E-state index in [0.29, 0.717) is 24.7 Å². The quantitative estimate of drug-likeness (QED) is 0.433. The molecule has 4 rings (SSSR count). The first-order chi connectivity index (χ1) is 16.8. The van der Waals surface area contributed by atoms with Crippen LogP contribution in [0.15, 0.2) is 65.3 Å². The summed E-state index contributed by atoms with van der Waals surface area (Å²) in [5.74, 6) is 0.303. The number of aromatic nitrogens is 1. The fourth-order valence-electron chi connectivity index (χ4n) is 4.38. The number of rotatable bonds is 9. The predicted octanol–water partition coefficient (Wildman–Crippen LogP) is 5.64. The SMILES string of the molecule is C[C@@H](c1ccccc1)N(Cc1ccc(C(C)(C)C)cc1)Cc1nc(C(=O)NC[C@H]2CCCO2)co1. The highest BCUT2D eigenvalue weighted by atomic mass is 16.5. The van der Waals surface area contributed by atoms with Crippen LogP contribution in [0.1, 0.15) is 79.6 Å². The molecule has 2 atom stereocenters. The van der Waals surface area contributed by atoms with E-state index in [9.17, 15) is 4.79 Å². The summed E-state index contributed by atoms with van der Waals surface area (Å²) in [6, 6.07) is 19.4. The second-order valence-corrected chi connectivity index (χ2v) is 10.4. The summed E-state index contributed by atoms with van der Waals surface area (Å²) in [7, 11) is 0. The summed E-state index contributed by atoms with van der Waals surface area (Å²) < 4.78 is 11.3. The number of hydrogen-bond acceptors (Lipinski definition) is 5. The Labute approximate surface area is 208 Å². The number of carbonyl (C=O) groups excluding carboxylic acids is 1. The van der Waals surface area contributed by atoms with Crippen molar-refractivity contribution in [2.24, 2.45) is 0 Å². The third-order valence-corrected chi connectivity index (χ3v) is 6.67. The van der Waals surface area contributed by atoms with E-state index in [-0.39, 0.29) is 23.5 Å². The highest BCUT2D eigenvalue weighted by molar-refractivity contribution is 5.91. The molecule has 0 aliphatic carbocycles. The van der Waals surface area contributed by atoms with Crippen molar-refractivity contribution in [3.63, 3.8) is 0 Å². The molecular formula is C29H37N3O3. The Morgan fingerprint density at radius 2 is 1.86 bits per heavy atom. The maximum atomic E-state index is 12.6. The topological polar surface area (TPSA) is 67.6 Å². The summed E-state index contributed by atoms with van der Waals surface area (Å²) >= 11 is 0. The van der Waals surface area contributed by atoms with Gasteiger partial charge in [0.25, 0.3) is 5.91 Å². The van der Waals surface area contributed by atoms with Gasteiger partial charge in [-0.2, -0.15) is 0 Å². The highest BCUT2D eigenvalue weighted by Crippen LogP contribution is 2.26. The number of ether oxygens (including phenoxy) is 1. The van der Waals surface area contributed by atoms with E-state index >= 15 is 0 Å². The third-order valence-electron chi connectivity index (χ3n) is 6.67. The van der Waals surface area contributed by atoms with Gasteiger partial charge in [0.1, 0.15) is 6.26 Å². The van der Waals surface area contributed by atoms with Crippen molar-refractivity contribution >= 4 is 5.91 Å². The Hall–Kier alpha value is -2.96. The molecule has 2 aromatic carbocycles. The monoisotopic (exact) mass is 475 g/mol. The van der Waals surface area contributed by atoms with E-state index in [1.165, 1.54) is 23.0 Å². The Bertz CT molecular complexity index is 1080. The molecule has 0 unspecified atom stereocenters. The second-order valence-electron chi connectivity index (χ2n) is 10.4. The molecule has 1 aromatic heterocycles. The zero-order valence-corrected chi connectivity index (χ0v) is 21.3. The zero-order valence-electron chi connectivity index (χ0n) is 21.3. The maximum absolute atomic E-state index is 12.6.